The Morgan fingerprint density at radius 2 is 1.18 bits per heavy atom. The number of β-amino-alcohol motifs (C(OH)–C–C–N with tert-alkyl or cyclic N) is 2. The summed E-state index contributed by atoms with van der Waals surface area (Å²) in [6, 6.07) is 0. The van der Waals surface area contributed by atoms with E-state index in [-0.39, 0.29) is 0 Å². The van der Waals surface area contributed by atoms with Gasteiger partial charge in [-0.05, 0) is 0 Å². The highest BCUT2D eigenvalue weighted by Gasteiger charge is 2.20. The molecule has 1 aliphatic rings. The predicted octanol–water partition coefficient (Wildman–Crippen LogP) is -0.269. The van der Waals surface area contributed by atoms with Crippen molar-refractivity contribution in [3.63, 3.8) is 0 Å². The second-order valence-corrected chi connectivity index (χ2v) is 5.56. The molecule has 0 aromatic rings. The highest BCUT2D eigenvalue weighted by molar-refractivity contribution is 4.76. The summed E-state index contributed by atoms with van der Waals surface area (Å²) >= 11 is 0. The van der Waals surface area contributed by atoms with Gasteiger partial charge in [-0.2, -0.15) is 0 Å². The van der Waals surface area contributed by atoms with Crippen LogP contribution in [0.1, 0.15) is 0 Å². The van der Waals surface area contributed by atoms with Gasteiger partial charge in [0.25, 0.3) is 0 Å². The Kier molecular flexibility index (Phi) is 10.3. The highest BCUT2D eigenvalue weighted by Crippen LogP contribution is 2.04. The molecule has 0 saturated carbocycles. The van der Waals surface area contributed by atoms with Gasteiger partial charge >= 0.3 is 0 Å². The second-order valence-electron chi connectivity index (χ2n) is 5.56. The van der Waals surface area contributed by atoms with Crippen LogP contribution in [0.3, 0.4) is 0 Å². The van der Waals surface area contributed by atoms with Crippen LogP contribution >= 0.6 is 0 Å². The normalized spacial score (nSPS) is 19.7. The molecule has 6 nitrogen and oxygen atoms in total. The van der Waals surface area contributed by atoms with Crippen LogP contribution < -0.4 is 0 Å². The van der Waals surface area contributed by atoms with E-state index in [0.29, 0.717) is 39.5 Å². The molecule has 0 aliphatic carbocycles. The molecule has 0 amide bonds. The summed E-state index contributed by atoms with van der Waals surface area (Å²) in [7, 11) is 0. The minimum Gasteiger partial charge on any atom is -0.389 e. The minimum absolute atomic E-state index is 0.339. The molecule has 6 heteroatoms. The van der Waals surface area contributed by atoms with E-state index >= 15 is 0 Å². The van der Waals surface area contributed by atoms with Gasteiger partial charge in [-0.1, -0.05) is 12.2 Å². The van der Waals surface area contributed by atoms with Crippen molar-refractivity contribution in [1.29, 1.82) is 0 Å². The minimum atomic E-state index is -0.468. The summed E-state index contributed by atoms with van der Waals surface area (Å²) < 4.78 is 10.5. The summed E-state index contributed by atoms with van der Waals surface area (Å²) in [5.41, 5.74) is 0. The highest BCUT2D eigenvalue weighted by atomic mass is 16.5. The third-order valence-electron chi connectivity index (χ3n) is 3.49. The Morgan fingerprint density at radius 1 is 0.818 bits per heavy atom. The summed E-state index contributed by atoms with van der Waals surface area (Å²) in [4.78, 5) is 4.44. The lowest BCUT2D eigenvalue weighted by atomic mass is 10.2. The van der Waals surface area contributed by atoms with E-state index in [1.165, 1.54) is 0 Å². The molecular weight excluding hydrogens is 284 g/mol. The number of nitrogens with zero attached hydrogens (tertiary/aromatic N) is 2. The molecular formula is C16H30N2O4. The second kappa shape index (κ2) is 11.8. The van der Waals surface area contributed by atoms with Crippen LogP contribution in [-0.4, -0.2) is 97.9 Å². The number of hydrogen-bond donors (Lipinski definition) is 2. The Bertz CT molecular complexity index is 277. The van der Waals surface area contributed by atoms with Gasteiger partial charge in [0.15, 0.2) is 0 Å². The third-order valence-corrected chi connectivity index (χ3v) is 3.49. The lowest BCUT2D eigenvalue weighted by Crippen LogP contribution is -2.51. The monoisotopic (exact) mass is 314 g/mol. The first-order chi connectivity index (χ1) is 10.7. The SMILES string of the molecule is C=CCOCC(O)CN1CCN(CC(O)COCC=C)CC1. The van der Waals surface area contributed by atoms with Crippen LogP contribution in [0.25, 0.3) is 0 Å². The van der Waals surface area contributed by atoms with Crippen molar-refractivity contribution < 1.29 is 19.7 Å². The van der Waals surface area contributed by atoms with Gasteiger partial charge < -0.3 is 19.7 Å². The van der Waals surface area contributed by atoms with E-state index in [1.54, 1.807) is 12.2 Å². The smallest absolute Gasteiger partial charge is 0.0900 e. The van der Waals surface area contributed by atoms with E-state index in [2.05, 4.69) is 23.0 Å². The molecule has 1 fully saturated rings. The molecule has 22 heavy (non-hydrogen) atoms. The average molecular weight is 314 g/mol. The zero-order valence-electron chi connectivity index (χ0n) is 13.4. The fourth-order valence-electron chi connectivity index (χ4n) is 2.43. The topological polar surface area (TPSA) is 65.4 Å². The summed E-state index contributed by atoms with van der Waals surface area (Å²) in [6.07, 6.45) is 2.42. The molecule has 1 saturated heterocycles. The molecule has 0 aromatic heterocycles. The lowest BCUT2D eigenvalue weighted by molar-refractivity contribution is -0.00230. The van der Waals surface area contributed by atoms with Crippen molar-refractivity contribution in [2.75, 3.05) is 65.7 Å². The number of ether oxygens (including phenoxy) is 2. The maximum Gasteiger partial charge on any atom is 0.0900 e. The van der Waals surface area contributed by atoms with Gasteiger partial charge in [0.2, 0.25) is 0 Å². The Hall–Kier alpha value is -0.760. The number of aliphatic hydroxyl groups excluding tert-OH is 2. The van der Waals surface area contributed by atoms with Crippen LogP contribution in [0.5, 0.6) is 0 Å². The van der Waals surface area contributed by atoms with Crippen LogP contribution in [0, 0.1) is 0 Å². The molecule has 2 unspecified atom stereocenters. The first-order valence-electron chi connectivity index (χ1n) is 7.83. The molecule has 1 aliphatic heterocycles. The van der Waals surface area contributed by atoms with Crippen molar-refractivity contribution >= 4 is 0 Å². The first kappa shape index (κ1) is 19.3. The van der Waals surface area contributed by atoms with Crippen molar-refractivity contribution in [1.82, 2.24) is 9.80 Å². The van der Waals surface area contributed by atoms with Gasteiger partial charge in [0.05, 0.1) is 38.6 Å². The molecule has 128 valence electrons. The lowest BCUT2D eigenvalue weighted by Gasteiger charge is -2.36. The molecule has 1 heterocycles. The van der Waals surface area contributed by atoms with E-state index in [1.807, 2.05) is 0 Å². The largest absolute Gasteiger partial charge is 0.389 e. The fraction of sp³-hybridized carbons (Fsp3) is 0.750. The fourth-order valence-corrected chi connectivity index (χ4v) is 2.43. The standard InChI is InChI=1S/C16H30N2O4/c1-3-9-21-13-15(19)11-17-5-7-18(8-6-17)12-16(20)14-22-10-4-2/h3-4,15-16,19-20H,1-2,5-14H2. The molecule has 2 N–H and O–H groups in total. The van der Waals surface area contributed by atoms with E-state index in [4.69, 9.17) is 9.47 Å². The number of piperazine rings is 1. The number of hydrogen-bond acceptors (Lipinski definition) is 6. The molecule has 0 aromatic carbocycles. The van der Waals surface area contributed by atoms with E-state index in [9.17, 15) is 10.2 Å². The third kappa shape index (κ3) is 8.63. The van der Waals surface area contributed by atoms with Gasteiger partial charge in [-0.25, -0.2) is 0 Å². The van der Waals surface area contributed by atoms with Crippen molar-refractivity contribution in [3.05, 3.63) is 25.3 Å². The summed E-state index contributed by atoms with van der Waals surface area (Å²) in [5, 5.41) is 19.8. The predicted molar refractivity (Wildman–Crippen MR) is 86.9 cm³/mol. The van der Waals surface area contributed by atoms with Crippen LogP contribution in [-0.2, 0) is 9.47 Å². The van der Waals surface area contributed by atoms with Crippen LogP contribution in [0.4, 0.5) is 0 Å². The van der Waals surface area contributed by atoms with E-state index < -0.39 is 12.2 Å². The number of rotatable bonds is 12. The van der Waals surface area contributed by atoms with Crippen molar-refractivity contribution in [2.45, 2.75) is 12.2 Å². The Morgan fingerprint density at radius 3 is 1.50 bits per heavy atom. The Balaban J connectivity index is 2.12. The summed E-state index contributed by atoms with van der Waals surface area (Å²) in [5.74, 6) is 0. The molecule has 2 atom stereocenters. The first-order valence-corrected chi connectivity index (χ1v) is 7.83. The quantitative estimate of drug-likeness (QED) is 0.382. The van der Waals surface area contributed by atoms with Crippen molar-refractivity contribution in [3.8, 4) is 0 Å². The van der Waals surface area contributed by atoms with Gasteiger partial charge in [-0.15, -0.1) is 13.2 Å². The van der Waals surface area contributed by atoms with Gasteiger partial charge in [-0.3, -0.25) is 9.80 Å². The zero-order chi connectivity index (χ0) is 16.2. The van der Waals surface area contributed by atoms with E-state index in [0.717, 1.165) is 26.2 Å². The van der Waals surface area contributed by atoms with Crippen LogP contribution in [0.2, 0.25) is 0 Å². The Labute approximate surface area is 133 Å². The average Bonchev–Trinajstić information content (AvgIpc) is 2.50. The summed E-state index contributed by atoms with van der Waals surface area (Å²) in [6.45, 7) is 13.6. The maximum absolute atomic E-state index is 9.88. The molecule has 0 spiro atoms. The number of aliphatic hydroxyl groups is 2. The maximum atomic E-state index is 9.88. The molecule has 1 rings (SSSR count). The molecule has 0 bridgehead atoms. The molecule has 0 radical (unpaired) electrons. The van der Waals surface area contributed by atoms with Gasteiger partial charge in [0, 0.05) is 39.3 Å². The zero-order valence-corrected chi connectivity index (χ0v) is 13.4. The van der Waals surface area contributed by atoms with Crippen molar-refractivity contribution in [2.24, 2.45) is 0 Å². The van der Waals surface area contributed by atoms with Gasteiger partial charge in [0.1, 0.15) is 0 Å². The van der Waals surface area contributed by atoms with Crippen LogP contribution in [0.15, 0.2) is 25.3 Å².